The number of cyclic esters (lactones) is 2. The molecule has 6 aliphatic rings. The van der Waals surface area contributed by atoms with Crippen LogP contribution >= 0.6 is 0 Å². The number of nitrogens with two attached hydrogens (primary N) is 2. The van der Waals surface area contributed by atoms with Gasteiger partial charge in [-0.05, 0) is 177 Å². The van der Waals surface area contributed by atoms with E-state index in [0.717, 1.165) is 118 Å². The fourth-order valence-corrected chi connectivity index (χ4v) is 10.4. The summed E-state index contributed by atoms with van der Waals surface area (Å²) in [7, 11) is 0. The Labute approximate surface area is 421 Å². The first-order valence-corrected chi connectivity index (χ1v) is 25.9. The van der Waals surface area contributed by atoms with Crippen LogP contribution in [-0.4, -0.2) is 64.2 Å². The lowest BCUT2D eigenvalue weighted by Crippen LogP contribution is -2.39. The highest BCUT2D eigenvalue weighted by Gasteiger charge is 2.46. The molecule has 8 heterocycles. The standard InChI is InChI=1S/2C29H34N4O3/c2*1-16-24-20(26(34)36-27(16,2)3)9-8-18(33-24)12-19-13-21-22(14-31-19)25(35-28(4)10-11-28)32-15-23(21)29(5,30)17-6-7-17/h2*8-9,13-17H,6-7,10-12,30H2,1-5H3/t16-,29+;16-,29-/m11/s1. The molecule has 0 saturated heterocycles. The highest BCUT2D eigenvalue weighted by atomic mass is 16.6. The molecule has 0 unspecified atom stereocenters. The van der Waals surface area contributed by atoms with Gasteiger partial charge in [0.1, 0.15) is 22.4 Å². The Morgan fingerprint density at radius 2 is 0.931 bits per heavy atom. The summed E-state index contributed by atoms with van der Waals surface area (Å²) >= 11 is 0. The largest absolute Gasteiger partial charge is 0.471 e. The predicted molar refractivity (Wildman–Crippen MR) is 274 cm³/mol. The summed E-state index contributed by atoms with van der Waals surface area (Å²) < 4.78 is 23.8. The average Bonchev–Trinajstić information content (AvgIpc) is 4.08. The molecule has 2 aliphatic heterocycles. The van der Waals surface area contributed by atoms with Crippen molar-refractivity contribution >= 4 is 33.5 Å². The first-order chi connectivity index (χ1) is 33.9. The molecule has 4 N–H and O–H groups in total. The third kappa shape index (κ3) is 8.96. The van der Waals surface area contributed by atoms with Crippen LogP contribution in [0.1, 0.15) is 198 Å². The topological polar surface area (TPSA) is 200 Å². The number of hydrogen-bond donors (Lipinski definition) is 2. The van der Waals surface area contributed by atoms with Gasteiger partial charge >= 0.3 is 11.9 Å². The average molecular weight is 973 g/mol. The van der Waals surface area contributed by atoms with Crippen molar-refractivity contribution in [2.45, 2.75) is 179 Å². The van der Waals surface area contributed by atoms with E-state index in [1.807, 2.05) is 76.7 Å². The molecule has 6 aromatic heterocycles. The van der Waals surface area contributed by atoms with Gasteiger partial charge in [-0.25, -0.2) is 19.6 Å². The van der Waals surface area contributed by atoms with Crippen molar-refractivity contribution in [2.75, 3.05) is 0 Å². The quantitative estimate of drug-likeness (QED) is 0.110. The molecule has 72 heavy (non-hydrogen) atoms. The van der Waals surface area contributed by atoms with Gasteiger partial charge in [0.05, 0.1) is 33.3 Å². The molecule has 14 nitrogen and oxygen atoms in total. The molecule has 4 atom stereocenters. The maximum Gasteiger partial charge on any atom is 0.340 e. The predicted octanol–water partition coefficient (Wildman–Crippen LogP) is 10.4. The summed E-state index contributed by atoms with van der Waals surface area (Å²) in [5, 5.41) is 3.89. The molecule has 376 valence electrons. The maximum absolute atomic E-state index is 12.5. The van der Waals surface area contributed by atoms with Crippen LogP contribution in [0.2, 0.25) is 0 Å². The van der Waals surface area contributed by atoms with Gasteiger partial charge in [-0.15, -0.1) is 0 Å². The summed E-state index contributed by atoms with van der Waals surface area (Å²) in [4.78, 5) is 53.7. The number of carbonyl (C=O) groups is 2. The van der Waals surface area contributed by atoms with Crippen molar-refractivity contribution in [2.24, 2.45) is 23.3 Å². The van der Waals surface area contributed by atoms with Gasteiger partial charge in [-0.2, -0.15) is 0 Å². The van der Waals surface area contributed by atoms with Gasteiger partial charge < -0.3 is 30.4 Å². The van der Waals surface area contributed by atoms with E-state index in [-0.39, 0.29) is 35.0 Å². The van der Waals surface area contributed by atoms with Crippen LogP contribution in [0.4, 0.5) is 0 Å². The lowest BCUT2D eigenvalue weighted by molar-refractivity contribution is -0.0200. The van der Waals surface area contributed by atoms with Gasteiger partial charge in [0.25, 0.3) is 0 Å². The summed E-state index contributed by atoms with van der Waals surface area (Å²) in [6, 6.07) is 11.7. The Bertz CT molecular complexity index is 2990. The number of pyridine rings is 6. The molecule has 14 heteroatoms. The van der Waals surface area contributed by atoms with Gasteiger partial charge in [0, 0.05) is 83.3 Å². The zero-order valence-electron chi connectivity index (χ0n) is 43.4. The van der Waals surface area contributed by atoms with Crippen LogP contribution < -0.4 is 20.9 Å². The molecule has 4 aliphatic carbocycles. The van der Waals surface area contributed by atoms with E-state index >= 15 is 0 Å². The normalized spacial score (nSPS) is 23.5. The number of esters is 2. The molecule has 0 spiro atoms. The second-order valence-electron chi connectivity index (χ2n) is 23.9. The van der Waals surface area contributed by atoms with Crippen LogP contribution in [0.15, 0.2) is 61.2 Å². The Kier molecular flexibility index (Phi) is 11.2. The van der Waals surface area contributed by atoms with Crippen molar-refractivity contribution < 1.29 is 28.5 Å². The number of aromatic nitrogens is 6. The van der Waals surface area contributed by atoms with Gasteiger partial charge in [0.15, 0.2) is 0 Å². The first-order valence-electron chi connectivity index (χ1n) is 25.9. The van der Waals surface area contributed by atoms with Crippen molar-refractivity contribution in [1.82, 2.24) is 29.9 Å². The second kappa shape index (κ2) is 16.7. The summed E-state index contributed by atoms with van der Waals surface area (Å²) in [5.41, 5.74) is 19.6. The Morgan fingerprint density at radius 1 is 0.556 bits per heavy atom. The molecule has 0 radical (unpaired) electrons. The molecular formula is C58H68N8O6. The molecule has 0 amide bonds. The zero-order chi connectivity index (χ0) is 50.9. The second-order valence-corrected chi connectivity index (χ2v) is 23.9. The monoisotopic (exact) mass is 973 g/mol. The minimum absolute atomic E-state index is 0.00706. The Balaban J connectivity index is 0.000000156. The van der Waals surface area contributed by atoms with Crippen molar-refractivity contribution in [3.8, 4) is 11.8 Å². The third-order valence-electron chi connectivity index (χ3n) is 16.9. The minimum Gasteiger partial charge on any atom is -0.471 e. The van der Waals surface area contributed by atoms with Crippen LogP contribution in [0.5, 0.6) is 11.8 Å². The highest BCUT2D eigenvalue weighted by molar-refractivity contribution is 5.94. The summed E-state index contributed by atoms with van der Waals surface area (Å²) in [6.45, 7) is 20.3. The maximum atomic E-state index is 12.5. The van der Waals surface area contributed by atoms with Crippen LogP contribution in [0.3, 0.4) is 0 Å². The Hall–Kier alpha value is -6.12. The van der Waals surface area contributed by atoms with Gasteiger partial charge in [-0.3, -0.25) is 19.9 Å². The minimum atomic E-state index is -0.595. The zero-order valence-corrected chi connectivity index (χ0v) is 43.4. The molecule has 0 aromatic carbocycles. The molecule has 4 fully saturated rings. The number of nitrogens with zero attached hydrogens (tertiary/aromatic N) is 6. The smallest absolute Gasteiger partial charge is 0.340 e. The fourth-order valence-electron chi connectivity index (χ4n) is 10.4. The number of fused-ring (bicyclic) bond motifs is 4. The van der Waals surface area contributed by atoms with Crippen LogP contribution in [0.25, 0.3) is 21.5 Å². The third-order valence-corrected chi connectivity index (χ3v) is 16.9. The lowest BCUT2D eigenvalue weighted by Gasteiger charge is -2.36. The van der Waals surface area contributed by atoms with Gasteiger partial charge in [-0.1, -0.05) is 13.8 Å². The molecule has 4 saturated carbocycles. The first kappa shape index (κ1) is 48.2. The number of carbonyl (C=O) groups excluding carboxylic acids is 2. The van der Waals surface area contributed by atoms with E-state index in [1.54, 1.807) is 0 Å². The molecule has 6 aromatic rings. The van der Waals surface area contributed by atoms with E-state index in [9.17, 15) is 9.59 Å². The van der Waals surface area contributed by atoms with Crippen molar-refractivity contribution in [3.05, 3.63) is 118 Å². The molecule has 12 rings (SSSR count). The Morgan fingerprint density at radius 3 is 1.28 bits per heavy atom. The van der Waals surface area contributed by atoms with E-state index < -0.39 is 22.3 Å². The van der Waals surface area contributed by atoms with E-state index in [2.05, 4.69) is 53.7 Å². The summed E-state index contributed by atoms with van der Waals surface area (Å²) in [6.07, 6.45) is 17.3. The van der Waals surface area contributed by atoms with Crippen molar-refractivity contribution in [3.63, 3.8) is 0 Å². The fraction of sp³-hybridized carbons (Fsp3) is 0.517. The van der Waals surface area contributed by atoms with Crippen molar-refractivity contribution in [1.29, 1.82) is 0 Å². The lowest BCUT2D eigenvalue weighted by atomic mass is 9.84. The van der Waals surface area contributed by atoms with E-state index in [1.165, 1.54) is 0 Å². The van der Waals surface area contributed by atoms with Crippen LogP contribution in [0, 0.1) is 11.8 Å². The number of hydrogen-bond acceptors (Lipinski definition) is 14. The summed E-state index contributed by atoms with van der Waals surface area (Å²) in [5.74, 6) is 1.53. The van der Waals surface area contributed by atoms with Gasteiger partial charge in [0.2, 0.25) is 11.8 Å². The highest BCUT2D eigenvalue weighted by Crippen LogP contribution is 2.49. The van der Waals surface area contributed by atoms with E-state index in [0.29, 0.717) is 47.6 Å². The van der Waals surface area contributed by atoms with E-state index in [4.69, 9.17) is 60.3 Å². The van der Waals surface area contributed by atoms with Crippen LogP contribution in [-0.2, 0) is 33.4 Å². The number of ether oxygens (including phenoxy) is 4. The number of rotatable bonds is 12. The molecular weight excluding hydrogens is 905 g/mol. The SMILES string of the molecule is C[C@@H]1c2nc(Cc3cc4c([C@@](C)(N)C5CC5)cnc(OC5(C)CC5)c4cn3)ccc2C(=O)OC1(C)C.C[C@@H]1c2nc(Cc3cc4c([C@](C)(N)C5CC5)cnc(OC5(C)CC5)c4cn3)ccc2C(=O)OC1(C)C. The molecule has 0 bridgehead atoms.